The SMILES string of the molecule is COc1ccc(C)cc1S(=O)(=O)N1CCCC(C(=O)Nc2ccc(S(N)(=O)=O)cc2)C1. The lowest BCUT2D eigenvalue weighted by Gasteiger charge is -2.31. The lowest BCUT2D eigenvalue weighted by Crippen LogP contribution is -2.43. The van der Waals surface area contributed by atoms with Gasteiger partial charge in [0.15, 0.2) is 0 Å². The van der Waals surface area contributed by atoms with E-state index in [0.717, 1.165) is 5.56 Å². The summed E-state index contributed by atoms with van der Waals surface area (Å²) >= 11 is 0. The predicted molar refractivity (Wildman–Crippen MR) is 116 cm³/mol. The number of piperidine rings is 1. The number of sulfonamides is 2. The van der Waals surface area contributed by atoms with E-state index < -0.39 is 26.0 Å². The fourth-order valence-electron chi connectivity index (χ4n) is 3.47. The van der Waals surface area contributed by atoms with Crippen molar-refractivity contribution in [1.29, 1.82) is 0 Å². The molecule has 11 heteroatoms. The lowest BCUT2D eigenvalue weighted by atomic mass is 9.99. The second-order valence-electron chi connectivity index (χ2n) is 7.42. The number of primary sulfonamides is 1. The molecule has 2 aromatic carbocycles. The van der Waals surface area contributed by atoms with Gasteiger partial charge in [-0.2, -0.15) is 4.31 Å². The molecular weight excluding hydrogens is 442 g/mol. The van der Waals surface area contributed by atoms with Gasteiger partial charge in [-0.3, -0.25) is 4.79 Å². The van der Waals surface area contributed by atoms with E-state index in [1.807, 2.05) is 0 Å². The van der Waals surface area contributed by atoms with Gasteiger partial charge >= 0.3 is 0 Å². The molecule has 168 valence electrons. The zero-order valence-corrected chi connectivity index (χ0v) is 18.9. The second kappa shape index (κ2) is 8.95. The maximum Gasteiger partial charge on any atom is 0.246 e. The number of aryl methyl sites for hydroxylation is 1. The quantitative estimate of drug-likeness (QED) is 0.664. The minimum atomic E-state index is -3.84. The summed E-state index contributed by atoms with van der Waals surface area (Å²) in [6.45, 7) is 2.15. The average Bonchev–Trinajstić information content (AvgIpc) is 2.73. The van der Waals surface area contributed by atoms with E-state index in [4.69, 9.17) is 9.88 Å². The Morgan fingerprint density at radius 1 is 1.13 bits per heavy atom. The first-order valence-electron chi connectivity index (χ1n) is 9.61. The van der Waals surface area contributed by atoms with E-state index in [-0.39, 0.29) is 28.0 Å². The van der Waals surface area contributed by atoms with Gasteiger partial charge in [0, 0.05) is 18.8 Å². The highest BCUT2D eigenvalue weighted by molar-refractivity contribution is 7.89. The Labute approximate surface area is 182 Å². The minimum Gasteiger partial charge on any atom is -0.495 e. The summed E-state index contributed by atoms with van der Waals surface area (Å²) in [5.41, 5.74) is 1.19. The minimum absolute atomic E-state index is 0.0422. The molecule has 31 heavy (non-hydrogen) atoms. The summed E-state index contributed by atoms with van der Waals surface area (Å²) in [6, 6.07) is 10.4. The summed E-state index contributed by atoms with van der Waals surface area (Å²) in [7, 11) is -6.25. The monoisotopic (exact) mass is 467 g/mol. The number of hydrogen-bond donors (Lipinski definition) is 2. The van der Waals surface area contributed by atoms with E-state index >= 15 is 0 Å². The number of methoxy groups -OCH3 is 1. The van der Waals surface area contributed by atoms with Gasteiger partial charge in [-0.15, -0.1) is 0 Å². The van der Waals surface area contributed by atoms with Crippen LogP contribution in [0.2, 0.25) is 0 Å². The van der Waals surface area contributed by atoms with Crippen molar-refractivity contribution in [2.45, 2.75) is 29.6 Å². The van der Waals surface area contributed by atoms with Crippen LogP contribution < -0.4 is 15.2 Å². The van der Waals surface area contributed by atoms with Gasteiger partial charge in [0.05, 0.1) is 17.9 Å². The number of hydrogen-bond acceptors (Lipinski definition) is 6. The number of amides is 1. The number of carbonyl (C=O) groups excluding carboxylic acids is 1. The molecule has 0 aromatic heterocycles. The van der Waals surface area contributed by atoms with Crippen LogP contribution in [-0.2, 0) is 24.8 Å². The number of ether oxygens (including phenoxy) is 1. The predicted octanol–water partition coefficient (Wildman–Crippen LogP) is 1.69. The molecule has 9 nitrogen and oxygen atoms in total. The van der Waals surface area contributed by atoms with Crippen LogP contribution in [0.25, 0.3) is 0 Å². The summed E-state index contributed by atoms with van der Waals surface area (Å²) in [4.78, 5) is 12.8. The third kappa shape index (κ3) is 5.24. The van der Waals surface area contributed by atoms with Crippen LogP contribution in [0.3, 0.4) is 0 Å². The van der Waals surface area contributed by atoms with Crippen molar-refractivity contribution in [2.24, 2.45) is 11.1 Å². The molecule has 1 atom stereocenters. The van der Waals surface area contributed by atoms with Gasteiger partial charge in [0.1, 0.15) is 10.6 Å². The summed E-state index contributed by atoms with van der Waals surface area (Å²) in [6.07, 6.45) is 1.08. The molecule has 1 fully saturated rings. The van der Waals surface area contributed by atoms with Crippen molar-refractivity contribution >= 4 is 31.6 Å². The fraction of sp³-hybridized carbons (Fsp3) is 0.350. The van der Waals surface area contributed by atoms with Crippen molar-refractivity contribution in [1.82, 2.24) is 4.31 Å². The van der Waals surface area contributed by atoms with Crippen LogP contribution >= 0.6 is 0 Å². The Kier molecular flexibility index (Phi) is 6.70. The smallest absolute Gasteiger partial charge is 0.246 e. The highest BCUT2D eigenvalue weighted by Gasteiger charge is 2.35. The third-order valence-electron chi connectivity index (χ3n) is 5.14. The van der Waals surface area contributed by atoms with Crippen molar-refractivity contribution < 1.29 is 26.4 Å². The first-order valence-corrected chi connectivity index (χ1v) is 12.6. The van der Waals surface area contributed by atoms with Crippen molar-refractivity contribution in [2.75, 3.05) is 25.5 Å². The highest BCUT2D eigenvalue weighted by Crippen LogP contribution is 2.31. The normalized spacial score (nSPS) is 17.8. The second-order valence-corrected chi connectivity index (χ2v) is 10.9. The molecule has 0 spiro atoms. The largest absolute Gasteiger partial charge is 0.495 e. The molecule has 1 saturated heterocycles. The lowest BCUT2D eigenvalue weighted by molar-refractivity contribution is -0.120. The van der Waals surface area contributed by atoms with Gasteiger partial charge in [-0.05, 0) is 61.7 Å². The van der Waals surface area contributed by atoms with Crippen LogP contribution in [0.5, 0.6) is 5.75 Å². The Hall–Kier alpha value is -2.47. The first kappa shape index (κ1) is 23.2. The average molecular weight is 468 g/mol. The molecule has 3 rings (SSSR count). The first-order chi connectivity index (χ1) is 14.5. The topological polar surface area (TPSA) is 136 Å². The van der Waals surface area contributed by atoms with Gasteiger partial charge in [-0.25, -0.2) is 22.0 Å². The van der Waals surface area contributed by atoms with Crippen LogP contribution in [-0.4, -0.2) is 47.2 Å². The van der Waals surface area contributed by atoms with Crippen molar-refractivity contribution in [3.05, 3.63) is 48.0 Å². The standard InChI is InChI=1S/C20H25N3O6S2/c1-14-5-10-18(29-2)19(12-14)31(27,28)23-11-3-4-15(13-23)20(24)22-16-6-8-17(9-7-16)30(21,25)26/h5-10,12,15H,3-4,11,13H2,1-2H3,(H,22,24)(H2,21,25,26). The Morgan fingerprint density at radius 3 is 2.42 bits per heavy atom. The van der Waals surface area contributed by atoms with E-state index in [1.165, 1.54) is 35.7 Å². The molecule has 1 heterocycles. The molecule has 0 saturated carbocycles. The van der Waals surface area contributed by atoms with Gasteiger partial charge in [0.2, 0.25) is 26.0 Å². The fourth-order valence-corrected chi connectivity index (χ4v) is 5.75. The molecule has 1 aliphatic rings. The Bertz CT molecular complexity index is 1180. The van der Waals surface area contributed by atoms with E-state index in [1.54, 1.807) is 25.1 Å². The van der Waals surface area contributed by atoms with Crippen LogP contribution in [0.4, 0.5) is 5.69 Å². The van der Waals surface area contributed by atoms with E-state index in [0.29, 0.717) is 25.1 Å². The molecule has 0 aliphatic carbocycles. The van der Waals surface area contributed by atoms with E-state index in [2.05, 4.69) is 5.32 Å². The molecular formula is C20H25N3O6S2. The Morgan fingerprint density at radius 2 is 1.81 bits per heavy atom. The number of anilines is 1. The number of nitrogens with one attached hydrogen (secondary N) is 1. The zero-order valence-electron chi connectivity index (χ0n) is 17.2. The highest BCUT2D eigenvalue weighted by atomic mass is 32.2. The van der Waals surface area contributed by atoms with Crippen LogP contribution in [0, 0.1) is 12.8 Å². The number of rotatable bonds is 6. The Balaban J connectivity index is 1.75. The number of carbonyl (C=O) groups is 1. The van der Waals surface area contributed by atoms with Gasteiger partial charge in [0.25, 0.3) is 0 Å². The number of nitrogens with two attached hydrogens (primary N) is 1. The molecule has 1 aliphatic heterocycles. The zero-order chi connectivity index (χ0) is 22.8. The molecule has 2 aromatic rings. The third-order valence-corrected chi connectivity index (χ3v) is 7.96. The molecule has 1 unspecified atom stereocenters. The van der Waals surface area contributed by atoms with Gasteiger partial charge < -0.3 is 10.1 Å². The molecule has 0 bridgehead atoms. The van der Waals surface area contributed by atoms with Crippen molar-refractivity contribution in [3.8, 4) is 5.75 Å². The molecule has 3 N–H and O–H groups in total. The number of nitrogens with zero attached hydrogens (tertiary/aromatic N) is 1. The molecule has 1 amide bonds. The van der Waals surface area contributed by atoms with Gasteiger partial charge in [-0.1, -0.05) is 6.07 Å². The number of benzene rings is 2. The van der Waals surface area contributed by atoms with Crippen molar-refractivity contribution in [3.63, 3.8) is 0 Å². The van der Waals surface area contributed by atoms with Crippen LogP contribution in [0.15, 0.2) is 52.3 Å². The van der Waals surface area contributed by atoms with Crippen LogP contribution in [0.1, 0.15) is 18.4 Å². The molecule has 0 radical (unpaired) electrons. The summed E-state index contributed by atoms with van der Waals surface area (Å²) in [5, 5.41) is 7.79. The summed E-state index contributed by atoms with van der Waals surface area (Å²) in [5.74, 6) is -0.621. The van der Waals surface area contributed by atoms with E-state index in [9.17, 15) is 21.6 Å². The maximum atomic E-state index is 13.2. The summed E-state index contributed by atoms with van der Waals surface area (Å²) < 4.78 is 55.7. The maximum absolute atomic E-state index is 13.2.